The van der Waals surface area contributed by atoms with Gasteiger partial charge in [0, 0.05) is 12.1 Å². The predicted molar refractivity (Wildman–Crippen MR) is 56.6 cm³/mol. The monoisotopic (exact) mass is 203 g/mol. The number of oxazole rings is 1. The third kappa shape index (κ3) is 1.61. The summed E-state index contributed by atoms with van der Waals surface area (Å²) in [5.41, 5.74) is 1.53. The van der Waals surface area contributed by atoms with Gasteiger partial charge in [-0.3, -0.25) is 0 Å². The first kappa shape index (κ1) is 8.85. The van der Waals surface area contributed by atoms with Crippen LogP contribution < -0.4 is 5.32 Å². The second-order valence-corrected chi connectivity index (χ2v) is 3.90. The van der Waals surface area contributed by atoms with Gasteiger partial charge in [0.25, 0.3) is 0 Å². The second-order valence-electron chi connectivity index (χ2n) is 3.90. The Morgan fingerprint density at radius 1 is 1.33 bits per heavy atom. The van der Waals surface area contributed by atoms with Crippen molar-refractivity contribution >= 4 is 11.2 Å². The number of piperidine rings is 1. The Bertz CT molecular complexity index is 427. The number of fused-ring (bicyclic) bond motifs is 1. The van der Waals surface area contributed by atoms with Crippen LogP contribution >= 0.6 is 0 Å². The first-order valence-corrected chi connectivity index (χ1v) is 5.35. The molecular weight excluding hydrogens is 190 g/mol. The van der Waals surface area contributed by atoms with Crippen molar-refractivity contribution in [2.24, 2.45) is 0 Å². The molecule has 1 N–H and O–H groups in total. The number of hydrogen-bond donors (Lipinski definition) is 1. The molecule has 1 saturated heterocycles. The highest BCUT2D eigenvalue weighted by Crippen LogP contribution is 2.26. The van der Waals surface area contributed by atoms with Crippen LogP contribution in [0.15, 0.2) is 22.7 Å². The number of rotatable bonds is 1. The summed E-state index contributed by atoms with van der Waals surface area (Å²) in [5.74, 6) is 1.31. The van der Waals surface area contributed by atoms with Gasteiger partial charge < -0.3 is 9.73 Å². The summed E-state index contributed by atoms with van der Waals surface area (Å²) in [6, 6.07) is 3.83. The van der Waals surface area contributed by atoms with E-state index in [9.17, 15) is 0 Å². The zero-order chi connectivity index (χ0) is 10.1. The van der Waals surface area contributed by atoms with E-state index in [1.807, 2.05) is 12.1 Å². The van der Waals surface area contributed by atoms with Gasteiger partial charge in [-0.2, -0.15) is 0 Å². The van der Waals surface area contributed by atoms with Crippen molar-refractivity contribution in [1.29, 1.82) is 0 Å². The number of pyridine rings is 1. The molecule has 15 heavy (non-hydrogen) atoms. The van der Waals surface area contributed by atoms with E-state index in [0.29, 0.717) is 11.6 Å². The van der Waals surface area contributed by atoms with Gasteiger partial charge in [-0.25, -0.2) is 9.97 Å². The lowest BCUT2D eigenvalue weighted by Gasteiger charge is -2.19. The minimum Gasteiger partial charge on any atom is -0.422 e. The summed E-state index contributed by atoms with van der Waals surface area (Å²) in [7, 11) is 0. The average Bonchev–Trinajstić information content (AvgIpc) is 2.74. The molecule has 4 heteroatoms. The molecule has 1 aliphatic heterocycles. The zero-order valence-corrected chi connectivity index (χ0v) is 8.44. The zero-order valence-electron chi connectivity index (χ0n) is 8.44. The molecule has 3 rings (SSSR count). The van der Waals surface area contributed by atoms with Crippen LogP contribution in [0, 0.1) is 0 Å². The molecule has 0 amide bonds. The lowest BCUT2D eigenvalue weighted by atomic mass is 9.98. The molecule has 4 nitrogen and oxygen atoms in total. The largest absolute Gasteiger partial charge is 0.422 e. The molecule has 0 unspecified atom stereocenters. The summed E-state index contributed by atoms with van der Waals surface area (Å²) in [4.78, 5) is 8.63. The quantitative estimate of drug-likeness (QED) is 0.766. The fraction of sp³-hybridized carbons (Fsp3) is 0.455. The van der Waals surface area contributed by atoms with Crippen LogP contribution in [0.1, 0.15) is 24.7 Å². The average molecular weight is 203 g/mol. The minimum absolute atomic E-state index is 0.459. The molecule has 0 radical (unpaired) electrons. The minimum atomic E-state index is 0.459. The van der Waals surface area contributed by atoms with Crippen molar-refractivity contribution in [2.45, 2.75) is 18.8 Å². The maximum absolute atomic E-state index is 5.66. The van der Waals surface area contributed by atoms with Crippen molar-refractivity contribution in [1.82, 2.24) is 15.3 Å². The lowest BCUT2D eigenvalue weighted by Crippen LogP contribution is -2.26. The molecule has 0 aliphatic carbocycles. The molecule has 1 aliphatic rings. The van der Waals surface area contributed by atoms with Gasteiger partial charge in [-0.05, 0) is 38.1 Å². The van der Waals surface area contributed by atoms with E-state index >= 15 is 0 Å². The smallest absolute Gasteiger partial charge is 0.246 e. The summed E-state index contributed by atoms with van der Waals surface area (Å²) in [6.45, 7) is 2.10. The van der Waals surface area contributed by atoms with Gasteiger partial charge in [0.05, 0.1) is 0 Å². The Morgan fingerprint density at radius 3 is 3.00 bits per heavy atom. The predicted octanol–water partition coefficient (Wildman–Crippen LogP) is 1.69. The van der Waals surface area contributed by atoms with E-state index in [1.54, 1.807) is 6.20 Å². The van der Waals surface area contributed by atoms with Gasteiger partial charge in [0.15, 0.2) is 0 Å². The highest BCUT2D eigenvalue weighted by Gasteiger charge is 2.20. The Labute approximate surface area is 87.7 Å². The molecule has 1 fully saturated rings. The standard InChI is InChI=1S/C11H13N3O/c1-2-9-11(13-5-1)15-10(14-9)8-3-6-12-7-4-8/h1-2,5,8,12H,3-4,6-7H2. The normalized spacial score (nSPS) is 18.4. The maximum Gasteiger partial charge on any atom is 0.246 e. The first-order chi connectivity index (χ1) is 7.43. The Kier molecular flexibility index (Phi) is 2.14. The van der Waals surface area contributed by atoms with Crippen molar-refractivity contribution in [2.75, 3.05) is 13.1 Å². The van der Waals surface area contributed by atoms with Gasteiger partial charge >= 0.3 is 0 Å². The molecule has 0 spiro atoms. The van der Waals surface area contributed by atoms with Crippen molar-refractivity contribution in [3.8, 4) is 0 Å². The summed E-state index contributed by atoms with van der Waals surface area (Å²) in [6.07, 6.45) is 3.94. The second kappa shape index (κ2) is 3.62. The van der Waals surface area contributed by atoms with E-state index in [0.717, 1.165) is 37.3 Å². The van der Waals surface area contributed by atoms with E-state index in [4.69, 9.17) is 4.42 Å². The van der Waals surface area contributed by atoms with Gasteiger partial charge in [0.1, 0.15) is 5.52 Å². The molecule has 0 bridgehead atoms. The summed E-state index contributed by atoms with van der Waals surface area (Å²) >= 11 is 0. The fourth-order valence-corrected chi connectivity index (χ4v) is 2.03. The SMILES string of the molecule is c1cnc2oc(C3CCNCC3)nc2c1. The van der Waals surface area contributed by atoms with E-state index in [2.05, 4.69) is 15.3 Å². The highest BCUT2D eigenvalue weighted by molar-refractivity contribution is 5.67. The summed E-state index contributed by atoms with van der Waals surface area (Å²) in [5, 5.41) is 3.33. The van der Waals surface area contributed by atoms with Crippen LogP contribution in [0.5, 0.6) is 0 Å². The number of nitrogens with one attached hydrogen (secondary N) is 1. The van der Waals surface area contributed by atoms with Gasteiger partial charge in [-0.1, -0.05) is 0 Å². The Morgan fingerprint density at radius 2 is 2.20 bits per heavy atom. The molecule has 0 aromatic carbocycles. The lowest BCUT2D eigenvalue weighted by molar-refractivity contribution is 0.383. The first-order valence-electron chi connectivity index (χ1n) is 5.35. The number of hydrogen-bond acceptors (Lipinski definition) is 4. The molecule has 2 aromatic heterocycles. The molecular formula is C11H13N3O. The van der Waals surface area contributed by atoms with E-state index < -0.39 is 0 Å². The third-order valence-electron chi connectivity index (χ3n) is 2.87. The molecule has 3 heterocycles. The van der Waals surface area contributed by atoms with Crippen molar-refractivity contribution in [3.05, 3.63) is 24.2 Å². The topological polar surface area (TPSA) is 51.0 Å². The van der Waals surface area contributed by atoms with E-state index in [-0.39, 0.29) is 0 Å². The van der Waals surface area contributed by atoms with Crippen molar-refractivity contribution in [3.63, 3.8) is 0 Å². The van der Waals surface area contributed by atoms with Crippen LogP contribution in [0.3, 0.4) is 0 Å². The van der Waals surface area contributed by atoms with Gasteiger partial charge in [0.2, 0.25) is 11.6 Å². The maximum atomic E-state index is 5.66. The summed E-state index contributed by atoms with van der Waals surface area (Å²) < 4.78 is 5.66. The number of aromatic nitrogens is 2. The van der Waals surface area contributed by atoms with Gasteiger partial charge in [-0.15, -0.1) is 0 Å². The van der Waals surface area contributed by atoms with Crippen LogP contribution in [-0.4, -0.2) is 23.1 Å². The van der Waals surface area contributed by atoms with Crippen molar-refractivity contribution < 1.29 is 4.42 Å². The van der Waals surface area contributed by atoms with E-state index in [1.165, 1.54) is 0 Å². The Hall–Kier alpha value is -1.42. The molecule has 78 valence electrons. The van der Waals surface area contributed by atoms with Crippen LogP contribution in [0.25, 0.3) is 11.2 Å². The fourth-order valence-electron chi connectivity index (χ4n) is 2.03. The van der Waals surface area contributed by atoms with Crippen LogP contribution in [0.4, 0.5) is 0 Å². The van der Waals surface area contributed by atoms with Crippen LogP contribution in [-0.2, 0) is 0 Å². The highest BCUT2D eigenvalue weighted by atomic mass is 16.4. The molecule has 0 atom stereocenters. The van der Waals surface area contributed by atoms with Crippen LogP contribution in [0.2, 0.25) is 0 Å². The number of nitrogens with zero attached hydrogens (tertiary/aromatic N) is 2. The molecule has 2 aromatic rings. The Balaban J connectivity index is 1.96. The molecule has 0 saturated carbocycles. The third-order valence-corrected chi connectivity index (χ3v) is 2.87.